The first-order chi connectivity index (χ1) is 9.65. The van der Waals surface area contributed by atoms with Crippen LogP contribution in [-0.4, -0.2) is 34.1 Å². The highest BCUT2D eigenvalue weighted by Crippen LogP contribution is 2.27. The number of amides is 1. The minimum Gasteiger partial charge on any atom is -0.469 e. The fourth-order valence-electron chi connectivity index (χ4n) is 2.83. The number of likely N-dealkylation sites (tertiary alicyclic amines) is 1. The van der Waals surface area contributed by atoms with Crippen molar-refractivity contribution >= 4 is 5.91 Å². The number of H-pyrrole nitrogens is 1. The van der Waals surface area contributed by atoms with Crippen LogP contribution in [0.3, 0.4) is 0 Å². The van der Waals surface area contributed by atoms with Crippen LogP contribution in [-0.2, 0) is 0 Å². The maximum absolute atomic E-state index is 12.5. The van der Waals surface area contributed by atoms with Crippen LogP contribution in [0.1, 0.15) is 46.3 Å². The van der Waals surface area contributed by atoms with Crippen molar-refractivity contribution < 1.29 is 9.21 Å². The molecule has 1 aliphatic rings. The Balaban J connectivity index is 1.75. The normalized spacial score (nSPS) is 19.3. The summed E-state index contributed by atoms with van der Waals surface area (Å²) in [5.74, 6) is 1.07. The molecule has 0 spiro atoms. The SMILES string of the molecule is Cc1cc([C@@H]2CCCN(C(=O)c3ccoc3C)C2)n[nH]1. The van der Waals surface area contributed by atoms with Gasteiger partial charge in [-0.25, -0.2) is 0 Å². The van der Waals surface area contributed by atoms with Crippen LogP contribution in [0, 0.1) is 13.8 Å². The van der Waals surface area contributed by atoms with E-state index >= 15 is 0 Å². The number of carbonyl (C=O) groups excluding carboxylic acids is 1. The van der Waals surface area contributed by atoms with Crippen LogP contribution in [0.4, 0.5) is 0 Å². The molecule has 106 valence electrons. The molecule has 1 aliphatic heterocycles. The molecule has 2 aromatic heterocycles. The Bertz CT molecular complexity index is 614. The number of furan rings is 1. The Morgan fingerprint density at radius 3 is 3.00 bits per heavy atom. The van der Waals surface area contributed by atoms with E-state index in [-0.39, 0.29) is 5.91 Å². The largest absolute Gasteiger partial charge is 0.469 e. The highest BCUT2D eigenvalue weighted by atomic mass is 16.3. The van der Waals surface area contributed by atoms with E-state index in [0.717, 1.165) is 37.3 Å². The smallest absolute Gasteiger partial charge is 0.257 e. The topological polar surface area (TPSA) is 62.1 Å². The number of rotatable bonds is 2. The second-order valence-corrected chi connectivity index (χ2v) is 5.46. The van der Waals surface area contributed by atoms with Crippen LogP contribution in [0.25, 0.3) is 0 Å². The Hall–Kier alpha value is -2.04. The summed E-state index contributed by atoms with van der Waals surface area (Å²) >= 11 is 0. The number of nitrogens with one attached hydrogen (secondary N) is 1. The number of piperidine rings is 1. The lowest BCUT2D eigenvalue weighted by Gasteiger charge is -2.31. The first kappa shape index (κ1) is 13.0. The molecule has 1 saturated heterocycles. The first-order valence-corrected chi connectivity index (χ1v) is 7.00. The molecule has 1 atom stereocenters. The van der Waals surface area contributed by atoms with Gasteiger partial charge in [0.25, 0.3) is 5.91 Å². The van der Waals surface area contributed by atoms with Crippen molar-refractivity contribution in [2.24, 2.45) is 0 Å². The van der Waals surface area contributed by atoms with Gasteiger partial charge in [0.15, 0.2) is 0 Å². The highest BCUT2D eigenvalue weighted by Gasteiger charge is 2.28. The second-order valence-electron chi connectivity index (χ2n) is 5.46. The second kappa shape index (κ2) is 5.15. The summed E-state index contributed by atoms with van der Waals surface area (Å²) in [7, 11) is 0. The number of hydrogen-bond donors (Lipinski definition) is 1. The third-order valence-electron chi connectivity index (χ3n) is 3.94. The maximum Gasteiger partial charge on any atom is 0.257 e. The number of aryl methyl sites for hydroxylation is 2. The van der Waals surface area contributed by atoms with Crippen molar-refractivity contribution in [2.45, 2.75) is 32.6 Å². The quantitative estimate of drug-likeness (QED) is 0.915. The van der Waals surface area contributed by atoms with Crippen LogP contribution in [0.5, 0.6) is 0 Å². The van der Waals surface area contributed by atoms with Gasteiger partial charge in [-0.2, -0.15) is 5.10 Å². The third kappa shape index (κ3) is 2.35. The van der Waals surface area contributed by atoms with Crippen molar-refractivity contribution in [2.75, 3.05) is 13.1 Å². The predicted octanol–water partition coefficient (Wildman–Crippen LogP) is 2.64. The molecule has 0 saturated carbocycles. The average molecular weight is 273 g/mol. The zero-order valence-electron chi connectivity index (χ0n) is 11.8. The molecule has 1 fully saturated rings. The predicted molar refractivity (Wildman–Crippen MR) is 74.6 cm³/mol. The van der Waals surface area contributed by atoms with E-state index in [1.165, 1.54) is 0 Å². The van der Waals surface area contributed by atoms with Crippen LogP contribution < -0.4 is 0 Å². The summed E-state index contributed by atoms with van der Waals surface area (Å²) in [6.45, 7) is 5.36. The fraction of sp³-hybridized carbons (Fsp3) is 0.467. The van der Waals surface area contributed by atoms with Gasteiger partial charge >= 0.3 is 0 Å². The van der Waals surface area contributed by atoms with Gasteiger partial charge in [0.2, 0.25) is 0 Å². The van der Waals surface area contributed by atoms with Crippen molar-refractivity contribution in [3.05, 3.63) is 41.1 Å². The Kier molecular flexibility index (Phi) is 3.34. The van der Waals surface area contributed by atoms with E-state index in [4.69, 9.17) is 4.42 Å². The van der Waals surface area contributed by atoms with E-state index in [9.17, 15) is 4.79 Å². The lowest BCUT2D eigenvalue weighted by atomic mass is 9.94. The maximum atomic E-state index is 12.5. The molecule has 3 rings (SSSR count). The molecule has 2 aromatic rings. The first-order valence-electron chi connectivity index (χ1n) is 7.00. The van der Waals surface area contributed by atoms with Crippen molar-refractivity contribution in [3.8, 4) is 0 Å². The molecular formula is C15H19N3O2. The van der Waals surface area contributed by atoms with E-state index < -0.39 is 0 Å². The number of nitrogens with zero attached hydrogens (tertiary/aromatic N) is 2. The van der Waals surface area contributed by atoms with Gasteiger partial charge in [-0.05, 0) is 38.8 Å². The number of hydrogen-bond acceptors (Lipinski definition) is 3. The Morgan fingerprint density at radius 2 is 2.35 bits per heavy atom. The Labute approximate surface area is 118 Å². The van der Waals surface area contributed by atoms with E-state index in [1.54, 1.807) is 12.3 Å². The minimum atomic E-state index is 0.0632. The number of aromatic amines is 1. The molecule has 0 bridgehead atoms. The van der Waals surface area contributed by atoms with E-state index in [2.05, 4.69) is 16.3 Å². The summed E-state index contributed by atoms with van der Waals surface area (Å²) in [4.78, 5) is 14.4. The average Bonchev–Trinajstić information content (AvgIpc) is 3.07. The summed E-state index contributed by atoms with van der Waals surface area (Å²) < 4.78 is 5.23. The lowest BCUT2D eigenvalue weighted by molar-refractivity contribution is 0.0704. The molecule has 20 heavy (non-hydrogen) atoms. The highest BCUT2D eigenvalue weighted by molar-refractivity contribution is 5.95. The summed E-state index contributed by atoms with van der Waals surface area (Å²) in [5.41, 5.74) is 2.79. The molecular weight excluding hydrogens is 254 g/mol. The zero-order valence-corrected chi connectivity index (χ0v) is 11.8. The molecule has 0 aromatic carbocycles. The zero-order chi connectivity index (χ0) is 14.1. The minimum absolute atomic E-state index is 0.0632. The van der Waals surface area contributed by atoms with Gasteiger partial charge in [0.05, 0.1) is 17.5 Å². The van der Waals surface area contributed by atoms with Crippen LogP contribution in [0.2, 0.25) is 0 Å². The Morgan fingerprint density at radius 1 is 1.50 bits per heavy atom. The van der Waals surface area contributed by atoms with E-state index in [1.807, 2.05) is 18.7 Å². The van der Waals surface area contributed by atoms with Crippen molar-refractivity contribution in [1.29, 1.82) is 0 Å². The standard InChI is InChI=1S/C15H19N3O2/c1-10-8-14(17-16-10)12-4-3-6-18(9-12)15(19)13-5-7-20-11(13)2/h5,7-8,12H,3-4,6,9H2,1-2H3,(H,16,17)/t12-/m1/s1. The van der Waals surface area contributed by atoms with E-state index in [0.29, 0.717) is 17.2 Å². The molecule has 0 aliphatic carbocycles. The summed E-state index contributed by atoms with van der Waals surface area (Å²) in [6, 6.07) is 3.82. The van der Waals surface area contributed by atoms with Gasteiger partial charge in [0.1, 0.15) is 5.76 Å². The third-order valence-corrected chi connectivity index (χ3v) is 3.94. The number of carbonyl (C=O) groups is 1. The van der Waals surface area contributed by atoms with Crippen molar-refractivity contribution in [3.63, 3.8) is 0 Å². The molecule has 5 heteroatoms. The number of aromatic nitrogens is 2. The van der Waals surface area contributed by atoms with Gasteiger partial charge in [-0.1, -0.05) is 0 Å². The van der Waals surface area contributed by atoms with Gasteiger partial charge in [-0.3, -0.25) is 9.89 Å². The fourth-order valence-corrected chi connectivity index (χ4v) is 2.83. The van der Waals surface area contributed by atoms with Crippen LogP contribution in [0.15, 0.2) is 22.8 Å². The van der Waals surface area contributed by atoms with Crippen LogP contribution >= 0.6 is 0 Å². The van der Waals surface area contributed by atoms with Gasteiger partial charge in [-0.15, -0.1) is 0 Å². The summed E-state index contributed by atoms with van der Waals surface area (Å²) in [5, 5.41) is 7.31. The van der Waals surface area contributed by atoms with Crippen molar-refractivity contribution in [1.82, 2.24) is 15.1 Å². The lowest BCUT2D eigenvalue weighted by Crippen LogP contribution is -2.39. The molecule has 1 N–H and O–H groups in total. The monoisotopic (exact) mass is 273 g/mol. The molecule has 0 radical (unpaired) electrons. The van der Waals surface area contributed by atoms with Gasteiger partial charge in [0, 0.05) is 24.7 Å². The van der Waals surface area contributed by atoms with Gasteiger partial charge < -0.3 is 9.32 Å². The molecule has 3 heterocycles. The molecule has 0 unspecified atom stereocenters. The molecule has 5 nitrogen and oxygen atoms in total. The summed E-state index contributed by atoms with van der Waals surface area (Å²) in [6.07, 6.45) is 3.67. The molecule has 1 amide bonds.